The number of halogens is 2. The van der Waals surface area contributed by atoms with Crippen molar-refractivity contribution in [2.75, 3.05) is 13.2 Å². The Morgan fingerprint density at radius 2 is 1.05 bits per heavy atom. The summed E-state index contributed by atoms with van der Waals surface area (Å²) in [6, 6.07) is 21.2. The fourth-order valence-electron chi connectivity index (χ4n) is 2.18. The highest BCUT2D eigenvalue weighted by molar-refractivity contribution is 14.1. The zero-order chi connectivity index (χ0) is 14.9. The second-order valence-corrected chi connectivity index (χ2v) is 8.63. The molecule has 0 N–H and O–H groups in total. The van der Waals surface area contributed by atoms with E-state index in [9.17, 15) is 0 Å². The summed E-state index contributed by atoms with van der Waals surface area (Å²) in [6.07, 6.45) is 2.15. The molecular formula is C18H20I2O. The maximum Gasteiger partial charge on any atom is 0.0587 e. The lowest BCUT2D eigenvalue weighted by Crippen LogP contribution is -2.17. The predicted molar refractivity (Wildman–Crippen MR) is 107 cm³/mol. The molecular weight excluding hydrogens is 486 g/mol. The molecule has 0 fully saturated rings. The Morgan fingerprint density at radius 3 is 1.43 bits per heavy atom. The van der Waals surface area contributed by atoms with Crippen molar-refractivity contribution in [3.05, 3.63) is 71.8 Å². The van der Waals surface area contributed by atoms with Crippen LogP contribution in [0.4, 0.5) is 0 Å². The Hall–Kier alpha value is -0.140. The molecule has 0 aromatic heterocycles. The van der Waals surface area contributed by atoms with Crippen molar-refractivity contribution >= 4 is 45.2 Å². The fraction of sp³-hybridized carbons (Fsp3) is 0.333. The van der Waals surface area contributed by atoms with Gasteiger partial charge in [-0.25, -0.2) is 0 Å². The lowest BCUT2D eigenvalue weighted by molar-refractivity contribution is 0.141. The first-order valence-electron chi connectivity index (χ1n) is 7.18. The summed E-state index contributed by atoms with van der Waals surface area (Å²) >= 11 is 4.98. The molecule has 0 saturated carbocycles. The number of ether oxygens (including phenoxy) is 1. The molecule has 0 aliphatic rings. The number of rotatable bonds is 8. The van der Waals surface area contributed by atoms with E-state index < -0.39 is 0 Å². The Morgan fingerprint density at radius 1 is 0.667 bits per heavy atom. The quantitative estimate of drug-likeness (QED) is 0.358. The van der Waals surface area contributed by atoms with E-state index >= 15 is 0 Å². The van der Waals surface area contributed by atoms with Gasteiger partial charge in [-0.1, -0.05) is 106 Å². The summed E-state index contributed by atoms with van der Waals surface area (Å²) in [5, 5.41) is 0. The minimum atomic E-state index is 0.533. The van der Waals surface area contributed by atoms with Crippen LogP contribution in [0.25, 0.3) is 0 Å². The van der Waals surface area contributed by atoms with E-state index in [1.54, 1.807) is 0 Å². The largest absolute Gasteiger partial charge is 0.379 e. The van der Waals surface area contributed by atoms with Gasteiger partial charge in [-0.2, -0.15) is 0 Å². The number of alkyl halides is 2. The zero-order valence-corrected chi connectivity index (χ0v) is 16.2. The topological polar surface area (TPSA) is 9.23 Å². The van der Waals surface area contributed by atoms with Crippen LogP contribution in [-0.4, -0.2) is 21.1 Å². The molecule has 2 atom stereocenters. The third kappa shape index (κ3) is 7.10. The lowest BCUT2D eigenvalue weighted by atomic mass is 10.1. The van der Waals surface area contributed by atoms with Crippen molar-refractivity contribution in [3.8, 4) is 0 Å². The van der Waals surface area contributed by atoms with Crippen LogP contribution in [0.15, 0.2) is 60.7 Å². The highest BCUT2D eigenvalue weighted by atomic mass is 127. The maximum atomic E-state index is 5.89. The van der Waals surface area contributed by atoms with Crippen molar-refractivity contribution in [1.29, 1.82) is 0 Å². The Labute approximate surface area is 154 Å². The van der Waals surface area contributed by atoms with Crippen LogP contribution in [0, 0.1) is 0 Å². The van der Waals surface area contributed by atoms with E-state index in [0.717, 1.165) is 26.1 Å². The first-order valence-corrected chi connectivity index (χ1v) is 9.67. The van der Waals surface area contributed by atoms with Crippen LogP contribution in [0.1, 0.15) is 11.1 Å². The maximum absolute atomic E-state index is 5.89. The number of hydrogen-bond donors (Lipinski definition) is 0. The molecule has 0 spiro atoms. The average Bonchev–Trinajstić information content (AvgIpc) is 2.49. The second kappa shape index (κ2) is 9.79. The lowest BCUT2D eigenvalue weighted by Gasteiger charge is -2.14. The van der Waals surface area contributed by atoms with Crippen LogP contribution < -0.4 is 0 Å². The van der Waals surface area contributed by atoms with Gasteiger partial charge >= 0.3 is 0 Å². The molecule has 0 amide bonds. The molecule has 112 valence electrons. The molecule has 2 aromatic rings. The minimum absolute atomic E-state index is 0.533. The molecule has 0 aliphatic heterocycles. The van der Waals surface area contributed by atoms with E-state index in [0.29, 0.717) is 7.85 Å². The molecule has 0 saturated heterocycles. The molecule has 0 heterocycles. The summed E-state index contributed by atoms with van der Waals surface area (Å²) in [5.74, 6) is 0. The van der Waals surface area contributed by atoms with E-state index in [1.807, 2.05) is 0 Å². The van der Waals surface area contributed by atoms with E-state index in [-0.39, 0.29) is 0 Å². The molecule has 2 unspecified atom stereocenters. The van der Waals surface area contributed by atoms with E-state index in [4.69, 9.17) is 4.74 Å². The smallest absolute Gasteiger partial charge is 0.0587 e. The van der Waals surface area contributed by atoms with Crippen molar-refractivity contribution in [3.63, 3.8) is 0 Å². The average molecular weight is 506 g/mol. The van der Waals surface area contributed by atoms with Gasteiger partial charge in [0.05, 0.1) is 13.2 Å². The van der Waals surface area contributed by atoms with Crippen LogP contribution in [0.3, 0.4) is 0 Å². The Kier molecular flexibility index (Phi) is 8.03. The molecule has 2 rings (SSSR count). The van der Waals surface area contributed by atoms with Gasteiger partial charge in [0.25, 0.3) is 0 Å². The van der Waals surface area contributed by atoms with Crippen molar-refractivity contribution in [2.24, 2.45) is 0 Å². The van der Waals surface area contributed by atoms with Gasteiger partial charge in [0.2, 0.25) is 0 Å². The van der Waals surface area contributed by atoms with Crippen LogP contribution in [0.5, 0.6) is 0 Å². The van der Waals surface area contributed by atoms with Crippen molar-refractivity contribution in [2.45, 2.75) is 20.7 Å². The molecule has 0 radical (unpaired) electrons. The van der Waals surface area contributed by atoms with Gasteiger partial charge in [-0.05, 0) is 24.0 Å². The molecule has 3 heteroatoms. The van der Waals surface area contributed by atoms with Gasteiger partial charge < -0.3 is 4.74 Å². The SMILES string of the molecule is IC(COCC(I)Cc1ccccc1)Cc1ccccc1. The predicted octanol–water partition coefficient (Wildman–Crippen LogP) is 5.10. The zero-order valence-electron chi connectivity index (χ0n) is 11.9. The van der Waals surface area contributed by atoms with Gasteiger partial charge in [0, 0.05) is 7.85 Å². The minimum Gasteiger partial charge on any atom is -0.379 e. The molecule has 2 aromatic carbocycles. The standard InChI is InChI=1S/C18H20I2O/c19-17(11-15-7-3-1-4-8-15)13-21-14-18(20)12-16-9-5-2-6-10-16/h1-10,17-18H,11-14H2. The Bertz CT molecular complexity index is 454. The van der Waals surface area contributed by atoms with Crippen LogP contribution >= 0.6 is 45.2 Å². The summed E-state index contributed by atoms with van der Waals surface area (Å²) in [5.41, 5.74) is 2.77. The van der Waals surface area contributed by atoms with Crippen LogP contribution in [0.2, 0.25) is 0 Å². The van der Waals surface area contributed by atoms with E-state index in [2.05, 4.69) is 106 Å². The normalized spacial score (nSPS) is 13.8. The van der Waals surface area contributed by atoms with Gasteiger partial charge in [0.1, 0.15) is 0 Å². The molecule has 0 aliphatic carbocycles. The summed E-state index contributed by atoms with van der Waals surface area (Å²) in [7, 11) is 0. The van der Waals surface area contributed by atoms with Gasteiger partial charge in [-0.3, -0.25) is 0 Å². The molecule has 0 bridgehead atoms. The monoisotopic (exact) mass is 506 g/mol. The summed E-state index contributed by atoms with van der Waals surface area (Å²) in [4.78, 5) is 0. The highest BCUT2D eigenvalue weighted by Gasteiger charge is 2.09. The first-order chi connectivity index (χ1) is 10.2. The first kappa shape index (κ1) is 17.2. The molecule has 21 heavy (non-hydrogen) atoms. The van der Waals surface area contributed by atoms with E-state index in [1.165, 1.54) is 11.1 Å². The third-order valence-electron chi connectivity index (χ3n) is 3.20. The van der Waals surface area contributed by atoms with Crippen LogP contribution in [-0.2, 0) is 17.6 Å². The summed E-state index contributed by atoms with van der Waals surface area (Å²) in [6.45, 7) is 1.65. The van der Waals surface area contributed by atoms with Gasteiger partial charge in [0.15, 0.2) is 0 Å². The van der Waals surface area contributed by atoms with Crippen molar-refractivity contribution in [1.82, 2.24) is 0 Å². The Balaban J connectivity index is 1.64. The summed E-state index contributed by atoms with van der Waals surface area (Å²) < 4.78 is 6.95. The van der Waals surface area contributed by atoms with Gasteiger partial charge in [-0.15, -0.1) is 0 Å². The van der Waals surface area contributed by atoms with Crippen molar-refractivity contribution < 1.29 is 4.74 Å². The number of hydrogen-bond acceptors (Lipinski definition) is 1. The highest BCUT2D eigenvalue weighted by Crippen LogP contribution is 2.14. The third-order valence-corrected chi connectivity index (χ3v) is 4.80. The number of benzene rings is 2. The second-order valence-electron chi connectivity index (χ2n) is 5.11. The fourth-order valence-corrected chi connectivity index (χ4v) is 3.71. The molecule has 1 nitrogen and oxygen atoms in total.